The van der Waals surface area contributed by atoms with E-state index < -0.39 is 0 Å². The molecule has 1 nitrogen and oxygen atoms in total. The van der Waals surface area contributed by atoms with Crippen LogP contribution in [0.3, 0.4) is 0 Å². The van der Waals surface area contributed by atoms with Crippen LogP contribution in [0.5, 0.6) is 0 Å². The van der Waals surface area contributed by atoms with E-state index in [1.165, 1.54) is 19.3 Å². The quantitative estimate of drug-likeness (QED) is 0.316. The van der Waals surface area contributed by atoms with Gasteiger partial charge in [-0.1, -0.05) is 39.0 Å². The van der Waals surface area contributed by atoms with Crippen LogP contribution >= 0.6 is 0 Å². The minimum absolute atomic E-state index is 0. The molecule has 1 atom stereocenters. The van der Waals surface area contributed by atoms with Gasteiger partial charge in [0.1, 0.15) is 0 Å². The second-order valence-electron chi connectivity index (χ2n) is 3.29. The molecule has 0 heterocycles. The van der Waals surface area contributed by atoms with E-state index in [1.807, 2.05) is 0 Å². The molecule has 72 valence electrons. The molecule has 1 N–H and O–H groups in total. The number of allylic oxidation sites excluding steroid dienone is 1. The fourth-order valence-electron chi connectivity index (χ4n) is 1.22. The minimum Gasteiger partial charge on any atom is -0.504 e. The monoisotopic (exact) mass is 176 g/mol. The van der Waals surface area contributed by atoms with Gasteiger partial charge in [0.25, 0.3) is 0 Å². The summed E-state index contributed by atoms with van der Waals surface area (Å²) in [5.41, 5.74) is 0. The summed E-state index contributed by atoms with van der Waals surface area (Å²) < 4.78 is 0. The fourth-order valence-corrected chi connectivity index (χ4v) is 1.22. The Morgan fingerprint density at radius 1 is 1.23 bits per heavy atom. The zero-order chi connectivity index (χ0) is 9.23. The smallest absolute Gasteiger partial charge is 0.504 e. The number of rotatable bonds is 8. The summed E-state index contributed by atoms with van der Waals surface area (Å²) in [7, 11) is 0. The maximum absolute atomic E-state index is 9.41. The summed E-state index contributed by atoms with van der Waals surface area (Å²) in [4.78, 5) is 0. The molecule has 0 aliphatic rings. The topological polar surface area (TPSA) is 20.2 Å². The SMILES string of the molecule is C=[C-]CCC(O)CCCCCC.[Li+]. The Hall–Kier alpha value is 0.297. The summed E-state index contributed by atoms with van der Waals surface area (Å²) in [6, 6.07) is 0. The Bertz CT molecular complexity index is 104. The van der Waals surface area contributed by atoms with Crippen molar-refractivity contribution in [3.05, 3.63) is 12.7 Å². The van der Waals surface area contributed by atoms with Gasteiger partial charge in [-0.3, -0.25) is 6.58 Å². The maximum atomic E-state index is 9.41. The van der Waals surface area contributed by atoms with E-state index in [1.54, 1.807) is 0 Å². The van der Waals surface area contributed by atoms with E-state index in [0.717, 1.165) is 25.7 Å². The van der Waals surface area contributed by atoms with Gasteiger partial charge in [0.15, 0.2) is 0 Å². The van der Waals surface area contributed by atoms with E-state index in [9.17, 15) is 5.11 Å². The normalized spacial score (nSPS) is 11.8. The molecule has 0 aliphatic heterocycles. The van der Waals surface area contributed by atoms with Crippen molar-refractivity contribution in [3.8, 4) is 0 Å². The Labute approximate surface area is 94.8 Å². The Morgan fingerprint density at radius 3 is 2.46 bits per heavy atom. The molecule has 0 aromatic heterocycles. The van der Waals surface area contributed by atoms with Gasteiger partial charge < -0.3 is 11.2 Å². The van der Waals surface area contributed by atoms with Crippen LogP contribution in [-0.2, 0) is 0 Å². The Balaban J connectivity index is 0. The summed E-state index contributed by atoms with van der Waals surface area (Å²) >= 11 is 0. The van der Waals surface area contributed by atoms with Gasteiger partial charge in [-0.2, -0.15) is 6.42 Å². The predicted molar refractivity (Wildman–Crippen MR) is 52.9 cm³/mol. The summed E-state index contributed by atoms with van der Waals surface area (Å²) in [6.45, 7) is 5.70. The van der Waals surface area contributed by atoms with Crippen molar-refractivity contribution in [1.29, 1.82) is 0 Å². The second-order valence-corrected chi connectivity index (χ2v) is 3.29. The van der Waals surface area contributed by atoms with Crippen LogP contribution in [0.15, 0.2) is 6.58 Å². The van der Waals surface area contributed by atoms with Crippen molar-refractivity contribution in [2.45, 2.75) is 58.0 Å². The number of hydrogen-bond donors (Lipinski definition) is 1. The van der Waals surface area contributed by atoms with Gasteiger partial charge in [-0.05, 0) is 6.42 Å². The van der Waals surface area contributed by atoms with Crippen molar-refractivity contribution in [3.63, 3.8) is 0 Å². The first kappa shape index (κ1) is 15.8. The average molecular weight is 176 g/mol. The van der Waals surface area contributed by atoms with E-state index in [0.29, 0.717) is 0 Å². The Kier molecular flexibility index (Phi) is 14.9. The second kappa shape index (κ2) is 12.3. The molecular weight excluding hydrogens is 155 g/mol. The van der Waals surface area contributed by atoms with Crippen LogP contribution in [-0.4, -0.2) is 11.2 Å². The third-order valence-corrected chi connectivity index (χ3v) is 2.05. The molecule has 2 heteroatoms. The average Bonchev–Trinajstić information content (AvgIpc) is 2.09. The number of aliphatic hydroxyl groups excluding tert-OH is 1. The van der Waals surface area contributed by atoms with Crippen LogP contribution in [0.1, 0.15) is 51.9 Å². The third-order valence-electron chi connectivity index (χ3n) is 2.05. The van der Waals surface area contributed by atoms with Crippen molar-refractivity contribution in [1.82, 2.24) is 0 Å². The summed E-state index contributed by atoms with van der Waals surface area (Å²) in [5.74, 6) is 0. The van der Waals surface area contributed by atoms with Gasteiger partial charge in [-0.15, -0.1) is 0 Å². The zero-order valence-corrected chi connectivity index (χ0v) is 9.18. The Morgan fingerprint density at radius 2 is 1.92 bits per heavy atom. The molecule has 13 heavy (non-hydrogen) atoms. The molecule has 0 aliphatic carbocycles. The van der Waals surface area contributed by atoms with Gasteiger partial charge in [-0.25, -0.2) is 0 Å². The third kappa shape index (κ3) is 12.3. The summed E-state index contributed by atoms with van der Waals surface area (Å²) in [6.07, 6.45) is 10.2. The van der Waals surface area contributed by atoms with E-state index in [4.69, 9.17) is 0 Å². The molecule has 0 aromatic rings. The van der Waals surface area contributed by atoms with Crippen LogP contribution in [0.2, 0.25) is 0 Å². The van der Waals surface area contributed by atoms with E-state index in [2.05, 4.69) is 19.6 Å². The zero-order valence-electron chi connectivity index (χ0n) is 9.18. The van der Waals surface area contributed by atoms with Crippen molar-refractivity contribution in [2.24, 2.45) is 0 Å². The molecule has 0 saturated heterocycles. The van der Waals surface area contributed by atoms with Gasteiger partial charge in [0, 0.05) is 0 Å². The van der Waals surface area contributed by atoms with Gasteiger partial charge >= 0.3 is 18.9 Å². The summed E-state index contributed by atoms with van der Waals surface area (Å²) in [5, 5.41) is 9.41. The molecule has 0 amide bonds. The first-order chi connectivity index (χ1) is 5.81. The van der Waals surface area contributed by atoms with Crippen LogP contribution in [0.4, 0.5) is 0 Å². The van der Waals surface area contributed by atoms with Crippen LogP contribution in [0.25, 0.3) is 0 Å². The maximum Gasteiger partial charge on any atom is 1.00 e. The van der Waals surface area contributed by atoms with Crippen LogP contribution in [0, 0.1) is 6.08 Å². The molecule has 0 radical (unpaired) electrons. The van der Waals surface area contributed by atoms with Crippen molar-refractivity contribution < 1.29 is 24.0 Å². The molecule has 0 rings (SSSR count). The molecule has 0 spiro atoms. The number of hydrogen-bond acceptors (Lipinski definition) is 1. The molecule has 0 fully saturated rings. The molecule has 0 bridgehead atoms. The minimum atomic E-state index is -0.129. The van der Waals surface area contributed by atoms with Gasteiger partial charge in [0.05, 0.1) is 6.10 Å². The van der Waals surface area contributed by atoms with E-state index >= 15 is 0 Å². The largest absolute Gasteiger partial charge is 1.00 e. The van der Waals surface area contributed by atoms with Gasteiger partial charge in [0.2, 0.25) is 0 Å². The molecule has 0 saturated carbocycles. The van der Waals surface area contributed by atoms with Crippen molar-refractivity contribution in [2.75, 3.05) is 0 Å². The fraction of sp³-hybridized carbons (Fsp3) is 0.818. The van der Waals surface area contributed by atoms with Crippen molar-refractivity contribution >= 4 is 0 Å². The molecule has 1 unspecified atom stereocenters. The number of aliphatic hydroxyl groups is 1. The molecule has 0 aromatic carbocycles. The first-order valence-corrected chi connectivity index (χ1v) is 4.99. The standard InChI is InChI=1S/C11H21O.Li/c1-3-5-7-8-10-11(12)9-6-4-2;/h11-12H,2-3,5-10H2,1H3;/q-1;+1. The van der Waals surface area contributed by atoms with Crippen LogP contribution < -0.4 is 18.9 Å². The predicted octanol–water partition coefficient (Wildman–Crippen LogP) is 0.0911. The van der Waals surface area contributed by atoms with E-state index in [-0.39, 0.29) is 25.0 Å². The first-order valence-electron chi connectivity index (χ1n) is 4.99. The molecular formula is C11H21LiO. The number of unbranched alkanes of at least 4 members (excludes halogenated alkanes) is 3.